The van der Waals surface area contributed by atoms with Crippen LogP contribution in [0.4, 0.5) is 15.9 Å². The van der Waals surface area contributed by atoms with Crippen LogP contribution in [0, 0.1) is 11.2 Å². The number of aliphatic hydroxyl groups excluding tert-OH is 1. The third kappa shape index (κ3) is 3.57. The summed E-state index contributed by atoms with van der Waals surface area (Å²) in [5, 5.41) is 18.2. The van der Waals surface area contributed by atoms with Crippen LogP contribution in [0.3, 0.4) is 0 Å². The minimum atomic E-state index is -0.536. The predicted molar refractivity (Wildman–Crippen MR) is 99.9 cm³/mol. The number of nitrogens with two attached hydrogens (primary N) is 1. The van der Waals surface area contributed by atoms with Crippen molar-refractivity contribution < 1.29 is 14.2 Å². The van der Waals surface area contributed by atoms with Crippen LogP contribution in [0.5, 0.6) is 5.75 Å². The maximum Gasteiger partial charge on any atom is 0.167 e. The van der Waals surface area contributed by atoms with Crippen molar-refractivity contribution in [3.05, 3.63) is 41.6 Å². The van der Waals surface area contributed by atoms with Gasteiger partial charge in [0.25, 0.3) is 0 Å². The summed E-state index contributed by atoms with van der Waals surface area (Å²) < 4.78 is 20.0. The monoisotopic (exact) mass is 371 g/mol. The van der Waals surface area contributed by atoms with Crippen LogP contribution in [0.25, 0.3) is 0 Å². The topological polar surface area (TPSA) is 108 Å². The van der Waals surface area contributed by atoms with Crippen molar-refractivity contribution in [2.75, 3.05) is 23.7 Å². The van der Waals surface area contributed by atoms with Gasteiger partial charge in [0.05, 0.1) is 17.5 Å². The molecule has 2 aromatic rings. The van der Waals surface area contributed by atoms with Gasteiger partial charge >= 0.3 is 0 Å². The van der Waals surface area contributed by atoms with E-state index in [9.17, 15) is 9.50 Å². The van der Waals surface area contributed by atoms with E-state index < -0.39 is 5.82 Å². The highest BCUT2D eigenvalue weighted by molar-refractivity contribution is 6.13. The summed E-state index contributed by atoms with van der Waals surface area (Å²) in [6.07, 6.45) is 3.44. The zero-order valence-electron chi connectivity index (χ0n) is 15.1. The van der Waals surface area contributed by atoms with Crippen molar-refractivity contribution in [1.29, 1.82) is 5.41 Å². The van der Waals surface area contributed by atoms with E-state index >= 15 is 0 Å². The fraction of sp³-hybridized carbons (Fsp3) is 0.421. The molecule has 0 radical (unpaired) electrons. The molecule has 0 bridgehead atoms. The Hall–Kier alpha value is -2.74. The number of hydrogen-bond donors (Lipinski definition) is 3. The van der Waals surface area contributed by atoms with E-state index in [1.54, 1.807) is 6.07 Å². The number of aliphatic hydroxyl groups is 1. The molecule has 2 aliphatic rings. The molecule has 0 amide bonds. The first-order valence-corrected chi connectivity index (χ1v) is 8.97. The average Bonchev–Trinajstić information content (AvgIpc) is 3.20. The molecule has 1 aliphatic carbocycles. The number of nitrogen functional groups attached to an aromatic ring is 1. The number of aromatic nitrogens is 2. The first-order chi connectivity index (χ1) is 12.8. The molecule has 1 saturated heterocycles. The zero-order chi connectivity index (χ0) is 19.2. The van der Waals surface area contributed by atoms with Crippen LogP contribution in [-0.4, -0.2) is 45.6 Å². The number of anilines is 2. The SMILES string of the molecule is CC1(Oc2cc(C(=N)c3cc(N4CC[C@@H](O)C4)ncn3)c(N)cc2F)CC1. The first kappa shape index (κ1) is 17.7. The molecule has 4 rings (SSSR count). The molecule has 2 heterocycles. The minimum absolute atomic E-state index is 0.0710. The number of nitrogens with zero attached hydrogens (tertiary/aromatic N) is 3. The van der Waals surface area contributed by atoms with Gasteiger partial charge in [0, 0.05) is 36.5 Å². The van der Waals surface area contributed by atoms with Gasteiger partial charge in [-0.2, -0.15) is 0 Å². The number of rotatable bonds is 5. The van der Waals surface area contributed by atoms with Gasteiger partial charge in [0.1, 0.15) is 17.7 Å². The number of nitrogens with one attached hydrogen (secondary N) is 1. The molecule has 1 aliphatic heterocycles. The standard InChI is InChI=1S/C19H22FN5O2/c1-19(3-4-19)27-16-6-12(14(21)7-13(16)20)18(22)15-8-17(24-10-23-15)25-5-2-11(26)9-25/h6-8,10-11,22,26H,2-5,9,21H2,1H3/t11-/m1/s1. The van der Waals surface area contributed by atoms with Gasteiger partial charge in [-0.1, -0.05) is 0 Å². The normalized spacial score (nSPS) is 20.6. The fourth-order valence-corrected chi connectivity index (χ4v) is 3.15. The van der Waals surface area contributed by atoms with Gasteiger partial charge in [-0.05, 0) is 32.3 Å². The second kappa shape index (κ2) is 6.45. The summed E-state index contributed by atoms with van der Waals surface area (Å²) >= 11 is 0. The summed E-state index contributed by atoms with van der Waals surface area (Å²) in [5.41, 5.74) is 6.59. The molecule has 27 heavy (non-hydrogen) atoms. The maximum absolute atomic E-state index is 14.2. The third-order valence-corrected chi connectivity index (χ3v) is 5.08. The summed E-state index contributed by atoms with van der Waals surface area (Å²) in [5.74, 6) is 0.205. The molecule has 1 aromatic heterocycles. The second-order valence-electron chi connectivity index (χ2n) is 7.45. The van der Waals surface area contributed by atoms with Crippen LogP contribution in [0.1, 0.15) is 37.4 Å². The summed E-state index contributed by atoms with van der Waals surface area (Å²) in [6, 6.07) is 4.34. The summed E-state index contributed by atoms with van der Waals surface area (Å²) in [4.78, 5) is 10.3. The highest BCUT2D eigenvalue weighted by atomic mass is 19.1. The van der Waals surface area contributed by atoms with Gasteiger partial charge in [0.2, 0.25) is 0 Å². The van der Waals surface area contributed by atoms with Crippen LogP contribution in [-0.2, 0) is 0 Å². The van der Waals surface area contributed by atoms with Crippen LogP contribution in [0.15, 0.2) is 24.5 Å². The Morgan fingerprint density at radius 2 is 2.15 bits per heavy atom. The average molecular weight is 371 g/mol. The van der Waals surface area contributed by atoms with Crippen LogP contribution >= 0.6 is 0 Å². The Bertz CT molecular complexity index is 900. The van der Waals surface area contributed by atoms with Crippen LogP contribution < -0.4 is 15.4 Å². The van der Waals surface area contributed by atoms with Gasteiger partial charge in [0.15, 0.2) is 11.6 Å². The molecule has 0 spiro atoms. The molecule has 8 heteroatoms. The molecule has 4 N–H and O–H groups in total. The molecule has 1 aromatic carbocycles. The van der Waals surface area contributed by atoms with E-state index in [0.29, 0.717) is 36.6 Å². The largest absolute Gasteiger partial charge is 0.484 e. The molecule has 7 nitrogen and oxygen atoms in total. The zero-order valence-corrected chi connectivity index (χ0v) is 15.1. The van der Waals surface area contributed by atoms with Crippen molar-refractivity contribution in [2.45, 2.75) is 37.9 Å². The molecule has 142 valence electrons. The highest BCUT2D eigenvalue weighted by Gasteiger charge is 2.40. The number of benzene rings is 1. The molecule has 1 atom stereocenters. The van der Waals surface area contributed by atoms with E-state index in [4.69, 9.17) is 15.9 Å². The highest BCUT2D eigenvalue weighted by Crippen LogP contribution is 2.41. The lowest BCUT2D eigenvalue weighted by atomic mass is 10.0. The second-order valence-corrected chi connectivity index (χ2v) is 7.45. The predicted octanol–water partition coefficient (Wildman–Crippen LogP) is 2.12. The third-order valence-electron chi connectivity index (χ3n) is 5.08. The number of β-amino-alcohol motifs (C(OH)–C–C–N with tert-alkyl or cyclic N) is 1. The Kier molecular flexibility index (Phi) is 4.22. The number of halogens is 1. The maximum atomic E-state index is 14.2. The van der Waals surface area contributed by atoms with E-state index in [1.807, 2.05) is 11.8 Å². The molecule has 0 unspecified atom stereocenters. The Balaban J connectivity index is 1.63. The smallest absolute Gasteiger partial charge is 0.167 e. The quantitative estimate of drug-likeness (QED) is 0.549. The van der Waals surface area contributed by atoms with Crippen molar-refractivity contribution in [2.24, 2.45) is 0 Å². The Morgan fingerprint density at radius 1 is 1.37 bits per heavy atom. The summed E-state index contributed by atoms with van der Waals surface area (Å²) in [7, 11) is 0. The van der Waals surface area contributed by atoms with Gasteiger partial charge in [-0.3, -0.25) is 5.41 Å². The lowest BCUT2D eigenvalue weighted by Gasteiger charge is -2.18. The van der Waals surface area contributed by atoms with Crippen molar-refractivity contribution in [3.63, 3.8) is 0 Å². The van der Waals surface area contributed by atoms with Crippen molar-refractivity contribution in [3.8, 4) is 5.75 Å². The lowest BCUT2D eigenvalue weighted by Crippen LogP contribution is -2.23. The van der Waals surface area contributed by atoms with E-state index in [-0.39, 0.29) is 28.9 Å². The number of ether oxygens (including phenoxy) is 1. The molecular formula is C19H22FN5O2. The Labute approximate surface area is 156 Å². The molecule has 1 saturated carbocycles. The van der Waals surface area contributed by atoms with E-state index in [1.165, 1.54) is 18.5 Å². The Morgan fingerprint density at radius 3 is 2.81 bits per heavy atom. The van der Waals surface area contributed by atoms with Gasteiger partial charge in [-0.25, -0.2) is 14.4 Å². The van der Waals surface area contributed by atoms with Gasteiger partial charge < -0.3 is 20.5 Å². The summed E-state index contributed by atoms with van der Waals surface area (Å²) in [6.45, 7) is 3.12. The van der Waals surface area contributed by atoms with E-state index in [2.05, 4.69) is 9.97 Å². The van der Waals surface area contributed by atoms with E-state index in [0.717, 1.165) is 12.8 Å². The van der Waals surface area contributed by atoms with Crippen LogP contribution in [0.2, 0.25) is 0 Å². The van der Waals surface area contributed by atoms with Gasteiger partial charge in [-0.15, -0.1) is 0 Å². The lowest BCUT2D eigenvalue weighted by molar-refractivity contribution is 0.191. The first-order valence-electron chi connectivity index (χ1n) is 8.97. The number of hydrogen-bond acceptors (Lipinski definition) is 7. The minimum Gasteiger partial charge on any atom is -0.484 e. The van der Waals surface area contributed by atoms with Crippen molar-refractivity contribution >= 4 is 17.2 Å². The fourth-order valence-electron chi connectivity index (χ4n) is 3.15. The van der Waals surface area contributed by atoms with Crippen molar-refractivity contribution in [1.82, 2.24) is 9.97 Å². The molecule has 2 fully saturated rings. The molecular weight excluding hydrogens is 349 g/mol.